The van der Waals surface area contributed by atoms with Crippen LogP contribution in [0.5, 0.6) is 0 Å². The fraction of sp³-hybridized carbons (Fsp3) is 0.391. The highest BCUT2D eigenvalue weighted by molar-refractivity contribution is 5.95. The third-order valence-corrected chi connectivity index (χ3v) is 6.23. The van der Waals surface area contributed by atoms with Crippen molar-refractivity contribution in [2.45, 2.75) is 38.3 Å². The van der Waals surface area contributed by atoms with Gasteiger partial charge in [-0.2, -0.15) is 0 Å². The Kier molecular flexibility index (Phi) is 4.51. The highest BCUT2D eigenvalue weighted by Gasteiger charge is 2.32. The van der Waals surface area contributed by atoms with Gasteiger partial charge in [0, 0.05) is 31.1 Å². The number of hydrogen-bond acceptors (Lipinski definition) is 4. The lowest BCUT2D eigenvalue weighted by Crippen LogP contribution is -2.44. The van der Waals surface area contributed by atoms with Crippen LogP contribution in [-0.4, -0.2) is 41.9 Å². The molecule has 1 atom stereocenters. The Morgan fingerprint density at radius 3 is 2.69 bits per heavy atom. The first-order valence-electron chi connectivity index (χ1n) is 10.3. The van der Waals surface area contributed by atoms with Crippen LogP contribution in [-0.2, 0) is 17.6 Å². The molecule has 0 spiro atoms. The van der Waals surface area contributed by atoms with Crippen molar-refractivity contribution in [2.24, 2.45) is 0 Å². The molecule has 6 heteroatoms. The largest absolute Gasteiger partial charge is 0.452 e. The number of aromatic nitrogens is 2. The Morgan fingerprint density at radius 1 is 1.21 bits per heavy atom. The number of carbonyl (C=O) groups excluding carboxylic acids is 1. The molecule has 3 aromatic rings. The highest BCUT2D eigenvalue weighted by Crippen LogP contribution is 2.37. The summed E-state index contributed by atoms with van der Waals surface area (Å²) in [7, 11) is 1.44. The van der Waals surface area contributed by atoms with Gasteiger partial charge in [-0.15, -0.1) is 0 Å². The first-order valence-corrected chi connectivity index (χ1v) is 10.3. The number of imidazole rings is 1. The van der Waals surface area contributed by atoms with Crippen LogP contribution in [0.1, 0.15) is 36.3 Å². The zero-order valence-corrected chi connectivity index (χ0v) is 16.9. The molecule has 0 radical (unpaired) electrons. The van der Waals surface area contributed by atoms with E-state index in [9.17, 15) is 4.79 Å². The van der Waals surface area contributed by atoms with E-state index in [0.717, 1.165) is 54.9 Å². The summed E-state index contributed by atoms with van der Waals surface area (Å²) < 4.78 is 7.46. The van der Waals surface area contributed by atoms with Crippen LogP contribution in [0.25, 0.3) is 11.0 Å². The van der Waals surface area contributed by atoms with Crippen molar-refractivity contribution in [3.63, 3.8) is 0 Å². The van der Waals surface area contributed by atoms with E-state index in [1.165, 1.54) is 18.2 Å². The van der Waals surface area contributed by atoms with Gasteiger partial charge in [-0.05, 0) is 37.5 Å². The Hall–Kier alpha value is -2.86. The van der Waals surface area contributed by atoms with Gasteiger partial charge in [0.05, 0.1) is 29.9 Å². The molecule has 0 saturated carbocycles. The van der Waals surface area contributed by atoms with Gasteiger partial charge < -0.3 is 14.6 Å². The van der Waals surface area contributed by atoms with E-state index in [1.54, 1.807) is 4.90 Å². The van der Waals surface area contributed by atoms with E-state index < -0.39 is 0 Å². The highest BCUT2D eigenvalue weighted by atomic mass is 16.5. The van der Waals surface area contributed by atoms with Crippen molar-refractivity contribution in [3.05, 3.63) is 59.4 Å². The number of ether oxygens (including phenoxy) is 1. The second kappa shape index (κ2) is 7.19. The molecule has 6 nitrogen and oxygen atoms in total. The van der Waals surface area contributed by atoms with Crippen molar-refractivity contribution < 1.29 is 9.53 Å². The minimum atomic E-state index is -0.301. The van der Waals surface area contributed by atoms with Gasteiger partial charge in [-0.1, -0.05) is 30.3 Å². The average Bonchev–Trinajstić information content (AvgIpc) is 3.05. The van der Waals surface area contributed by atoms with Crippen LogP contribution < -0.4 is 10.2 Å². The van der Waals surface area contributed by atoms with Gasteiger partial charge in [0.1, 0.15) is 5.82 Å². The molecule has 2 aliphatic heterocycles. The molecular formula is C23H26N4O2. The predicted octanol–water partition coefficient (Wildman–Crippen LogP) is 3.68. The van der Waals surface area contributed by atoms with Crippen LogP contribution in [0.4, 0.5) is 10.5 Å². The second-order valence-electron chi connectivity index (χ2n) is 8.03. The summed E-state index contributed by atoms with van der Waals surface area (Å²) in [6, 6.07) is 15.2. The van der Waals surface area contributed by atoms with E-state index >= 15 is 0 Å². The number of nitrogens with zero attached hydrogens (tertiary/aromatic N) is 3. The average molecular weight is 390 g/mol. The Labute approximate surface area is 170 Å². The number of rotatable bonds is 3. The number of benzene rings is 2. The lowest BCUT2D eigenvalue weighted by molar-refractivity contribution is 0.175. The standard InChI is InChI=1S/C23H26N4O2/c1-15-8-9-18-19(26(15)23(28)29-2)10-11-20-22(18)25-21(27(20)17-13-24-14-17)12-16-6-4-3-5-7-16/h3-7,10-11,15,17,24H,8-9,12-14H2,1-2H3/t15-/m0/s1. The number of fused-ring (bicyclic) bond motifs is 3. The van der Waals surface area contributed by atoms with E-state index in [2.05, 4.69) is 53.2 Å². The molecule has 5 rings (SSSR count). The monoisotopic (exact) mass is 390 g/mol. The topological polar surface area (TPSA) is 59.4 Å². The zero-order chi connectivity index (χ0) is 20.0. The summed E-state index contributed by atoms with van der Waals surface area (Å²) in [5.74, 6) is 1.09. The smallest absolute Gasteiger partial charge is 0.414 e. The lowest BCUT2D eigenvalue weighted by Gasteiger charge is -2.34. The first-order chi connectivity index (χ1) is 14.2. The zero-order valence-electron chi connectivity index (χ0n) is 16.9. The fourth-order valence-electron chi connectivity index (χ4n) is 4.59. The van der Waals surface area contributed by atoms with Gasteiger partial charge in [0.15, 0.2) is 0 Å². The van der Waals surface area contributed by atoms with Crippen molar-refractivity contribution in [2.75, 3.05) is 25.1 Å². The molecule has 1 aromatic heterocycles. The summed E-state index contributed by atoms with van der Waals surface area (Å²) in [5, 5.41) is 3.38. The summed E-state index contributed by atoms with van der Waals surface area (Å²) in [5.41, 5.74) is 5.55. The molecule has 0 unspecified atom stereocenters. The molecule has 2 aliphatic rings. The molecule has 150 valence electrons. The van der Waals surface area contributed by atoms with E-state index in [4.69, 9.17) is 9.72 Å². The number of amides is 1. The Balaban J connectivity index is 1.66. The predicted molar refractivity (Wildman–Crippen MR) is 114 cm³/mol. The maximum atomic E-state index is 12.4. The molecule has 29 heavy (non-hydrogen) atoms. The minimum absolute atomic E-state index is 0.120. The fourth-order valence-corrected chi connectivity index (χ4v) is 4.59. The van der Waals surface area contributed by atoms with Gasteiger partial charge in [-0.3, -0.25) is 4.90 Å². The maximum Gasteiger partial charge on any atom is 0.414 e. The third-order valence-electron chi connectivity index (χ3n) is 6.23. The van der Waals surface area contributed by atoms with E-state index in [1.807, 2.05) is 6.07 Å². The number of methoxy groups -OCH3 is 1. The summed E-state index contributed by atoms with van der Waals surface area (Å²) in [4.78, 5) is 19.3. The Bertz CT molecular complexity index is 1060. The summed E-state index contributed by atoms with van der Waals surface area (Å²) >= 11 is 0. The van der Waals surface area contributed by atoms with Crippen LogP contribution in [0, 0.1) is 0 Å². The van der Waals surface area contributed by atoms with E-state index in [-0.39, 0.29) is 12.1 Å². The summed E-state index contributed by atoms with van der Waals surface area (Å²) in [6.07, 6.45) is 2.33. The van der Waals surface area contributed by atoms with Gasteiger partial charge in [0.25, 0.3) is 0 Å². The second-order valence-corrected chi connectivity index (χ2v) is 8.03. The van der Waals surface area contributed by atoms with Gasteiger partial charge >= 0.3 is 6.09 Å². The molecule has 1 amide bonds. The van der Waals surface area contributed by atoms with Crippen molar-refractivity contribution >= 4 is 22.8 Å². The molecule has 2 aromatic carbocycles. The van der Waals surface area contributed by atoms with Crippen molar-refractivity contribution in [1.82, 2.24) is 14.9 Å². The number of nitrogens with one attached hydrogen (secondary N) is 1. The Morgan fingerprint density at radius 2 is 2.00 bits per heavy atom. The number of aryl methyl sites for hydroxylation is 1. The molecule has 0 bridgehead atoms. The molecule has 3 heterocycles. The van der Waals surface area contributed by atoms with E-state index in [0.29, 0.717) is 6.04 Å². The van der Waals surface area contributed by atoms with Gasteiger partial charge in [0.2, 0.25) is 0 Å². The minimum Gasteiger partial charge on any atom is -0.452 e. The molecular weight excluding hydrogens is 364 g/mol. The third kappa shape index (κ3) is 2.99. The SMILES string of the molecule is COC(=O)N1c2ccc3c(nc(Cc4ccccc4)n3C3CNC3)c2CC[C@@H]1C. The van der Waals surface area contributed by atoms with Crippen LogP contribution >= 0.6 is 0 Å². The van der Waals surface area contributed by atoms with Gasteiger partial charge in [-0.25, -0.2) is 9.78 Å². The molecule has 1 saturated heterocycles. The number of hydrogen-bond donors (Lipinski definition) is 1. The van der Waals surface area contributed by atoms with Crippen molar-refractivity contribution in [3.8, 4) is 0 Å². The number of anilines is 1. The van der Waals surface area contributed by atoms with Crippen LogP contribution in [0.15, 0.2) is 42.5 Å². The van der Waals surface area contributed by atoms with Crippen LogP contribution in [0.2, 0.25) is 0 Å². The first kappa shape index (κ1) is 18.2. The lowest BCUT2D eigenvalue weighted by atomic mass is 9.95. The normalized spacial score (nSPS) is 19.1. The maximum absolute atomic E-state index is 12.4. The summed E-state index contributed by atoms with van der Waals surface area (Å²) in [6.45, 7) is 4.01. The number of carbonyl (C=O) groups is 1. The molecule has 0 aliphatic carbocycles. The van der Waals surface area contributed by atoms with Crippen LogP contribution in [0.3, 0.4) is 0 Å². The quantitative estimate of drug-likeness (QED) is 0.741. The van der Waals surface area contributed by atoms with Crippen molar-refractivity contribution in [1.29, 1.82) is 0 Å². The molecule has 1 fully saturated rings. The molecule has 1 N–H and O–H groups in total.